The third kappa shape index (κ3) is 3.89. The summed E-state index contributed by atoms with van der Waals surface area (Å²) in [6, 6.07) is 2.65. The van der Waals surface area contributed by atoms with Crippen molar-refractivity contribution < 1.29 is 9.72 Å². The molecule has 0 aromatic carbocycles. The minimum atomic E-state index is -0.611. The van der Waals surface area contributed by atoms with Gasteiger partial charge in [-0.2, -0.15) is 0 Å². The summed E-state index contributed by atoms with van der Waals surface area (Å²) in [5, 5.41) is 15.9. The molecule has 1 aromatic heterocycles. The minimum absolute atomic E-state index is 0.0459. The molecule has 18 heavy (non-hydrogen) atoms. The van der Waals surface area contributed by atoms with Crippen molar-refractivity contribution in [2.24, 2.45) is 0 Å². The van der Waals surface area contributed by atoms with Crippen molar-refractivity contribution in [3.8, 4) is 0 Å². The standard InChI is InChI=1S/C10H15N5O3/c1-2-5-12-9(16)6-13-8-4-3-7(15(17)18)10(11)14-8/h3-4H,2,5-6H2,1H3,(H,12,16)(H3,11,13,14). The van der Waals surface area contributed by atoms with Crippen molar-refractivity contribution in [2.45, 2.75) is 13.3 Å². The summed E-state index contributed by atoms with van der Waals surface area (Å²) in [6.45, 7) is 2.60. The number of amides is 1. The molecule has 98 valence electrons. The van der Waals surface area contributed by atoms with Crippen molar-refractivity contribution in [1.29, 1.82) is 0 Å². The molecular weight excluding hydrogens is 238 g/mol. The Kier molecular flexibility index (Phi) is 4.85. The maximum absolute atomic E-state index is 11.3. The van der Waals surface area contributed by atoms with Crippen LogP contribution in [0.3, 0.4) is 0 Å². The molecule has 0 radical (unpaired) electrons. The normalized spacial score (nSPS) is 9.83. The van der Waals surface area contributed by atoms with E-state index >= 15 is 0 Å². The smallest absolute Gasteiger partial charge is 0.311 e. The Labute approximate surface area is 104 Å². The molecule has 0 atom stereocenters. The molecule has 0 saturated carbocycles. The number of nitro groups is 1. The van der Waals surface area contributed by atoms with E-state index in [0.29, 0.717) is 12.4 Å². The first-order chi connectivity index (χ1) is 8.54. The van der Waals surface area contributed by atoms with Crippen LogP contribution in [0.5, 0.6) is 0 Å². The lowest BCUT2D eigenvalue weighted by Crippen LogP contribution is -2.30. The topological polar surface area (TPSA) is 123 Å². The third-order valence-electron chi connectivity index (χ3n) is 2.10. The van der Waals surface area contributed by atoms with Crippen LogP contribution in [-0.4, -0.2) is 28.9 Å². The maximum atomic E-state index is 11.3. The van der Waals surface area contributed by atoms with Crippen LogP contribution >= 0.6 is 0 Å². The number of nitrogens with one attached hydrogen (secondary N) is 2. The molecule has 1 amide bonds. The van der Waals surface area contributed by atoms with Gasteiger partial charge in [-0.05, 0) is 12.5 Å². The van der Waals surface area contributed by atoms with Gasteiger partial charge in [-0.3, -0.25) is 14.9 Å². The monoisotopic (exact) mass is 253 g/mol. The molecule has 0 saturated heterocycles. The first-order valence-electron chi connectivity index (χ1n) is 5.46. The van der Waals surface area contributed by atoms with E-state index in [1.807, 2.05) is 6.92 Å². The number of anilines is 2. The second-order valence-electron chi connectivity index (χ2n) is 3.56. The lowest BCUT2D eigenvalue weighted by atomic mass is 10.3. The number of nitrogen functional groups attached to an aromatic ring is 1. The van der Waals surface area contributed by atoms with E-state index in [-0.39, 0.29) is 24.0 Å². The SMILES string of the molecule is CCCNC(=O)CNc1ccc([N+](=O)[O-])c(N)n1. The number of aromatic nitrogens is 1. The van der Waals surface area contributed by atoms with Gasteiger partial charge in [0.05, 0.1) is 11.5 Å². The van der Waals surface area contributed by atoms with Crippen LogP contribution in [-0.2, 0) is 4.79 Å². The van der Waals surface area contributed by atoms with Gasteiger partial charge in [-0.25, -0.2) is 4.98 Å². The van der Waals surface area contributed by atoms with E-state index in [4.69, 9.17) is 5.73 Å². The number of carbonyl (C=O) groups excluding carboxylic acids is 1. The van der Waals surface area contributed by atoms with Gasteiger partial charge in [0.2, 0.25) is 11.7 Å². The van der Waals surface area contributed by atoms with Crippen LogP contribution in [0.4, 0.5) is 17.3 Å². The molecule has 1 heterocycles. The van der Waals surface area contributed by atoms with Crippen molar-refractivity contribution in [3.05, 3.63) is 22.2 Å². The van der Waals surface area contributed by atoms with E-state index in [9.17, 15) is 14.9 Å². The number of hydrogen-bond acceptors (Lipinski definition) is 6. The second kappa shape index (κ2) is 6.38. The zero-order valence-corrected chi connectivity index (χ0v) is 9.97. The summed E-state index contributed by atoms with van der Waals surface area (Å²) in [5.41, 5.74) is 5.16. The molecule has 0 spiro atoms. The summed E-state index contributed by atoms with van der Waals surface area (Å²) in [6.07, 6.45) is 0.856. The number of nitrogens with two attached hydrogens (primary N) is 1. The number of nitrogens with zero attached hydrogens (tertiary/aromatic N) is 2. The summed E-state index contributed by atoms with van der Waals surface area (Å²) >= 11 is 0. The van der Waals surface area contributed by atoms with Crippen molar-refractivity contribution >= 4 is 23.2 Å². The average molecular weight is 253 g/mol. The van der Waals surface area contributed by atoms with Gasteiger partial charge < -0.3 is 16.4 Å². The Morgan fingerprint density at radius 3 is 2.83 bits per heavy atom. The molecule has 0 aliphatic heterocycles. The lowest BCUT2D eigenvalue weighted by molar-refractivity contribution is -0.384. The van der Waals surface area contributed by atoms with Gasteiger partial charge in [-0.1, -0.05) is 6.92 Å². The minimum Gasteiger partial charge on any atom is -0.378 e. The summed E-state index contributed by atoms with van der Waals surface area (Å²) in [4.78, 5) is 25.0. The first kappa shape index (κ1) is 13.7. The second-order valence-corrected chi connectivity index (χ2v) is 3.56. The molecule has 4 N–H and O–H groups in total. The maximum Gasteiger partial charge on any atom is 0.311 e. The highest BCUT2D eigenvalue weighted by Crippen LogP contribution is 2.20. The Balaban J connectivity index is 2.56. The fourth-order valence-electron chi connectivity index (χ4n) is 1.22. The molecule has 0 fully saturated rings. The van der Waals surface area contributed by atoms with E-state index in [1.165, 1.54) is 12.1 Å². The van der Waals surface area contributed by atoms with Gasteiger partial charge in [0.15, 0.2) is 0 Å². The molecule has 8 heteroatoms. The number of carbonyl (C=O) groups is 1. The fourth-order valence-corrected chi connectivity index (χ4v) is 1.22. The van der Waals surface area contributed by atoms with Gasteiger partial charge in [-0.15, -0.1) is 0 Å². The van der Waals surface area contributed by atoms with Crippen molar-refractivity contribution in [2.75, 3.05) is 24.1 Å². The molecule has 8 nitrogen and oxygen atoms in total. The highest BCUT2D eigenvalue weighted by molar-refractivity contribution is 5.80. The average Bonchev–Trinajstić information content (AvgIpc) is 2.33. The van der Waals surface area contributed by atoms with Crippen LogP contribution in [0, 0.1) is 10.1 Å². The van der Waals surface area contributed by atoms with Crippen LogP contribution in [0.2, 0.25) is 0 Å². The van der Waals surface area contributed by atoms with Crippen LogP contribution in [0.1, 0.15) is 13.3 Å². The van der Waals surface area contributed by atoms with Gasteiger partial charge >= 0.3 is 5.69 Å². The van der Waals surface area contributed by atoms with E-state index in [0.717, 1.165) is 6.42 Å². The Morgan fingerprint density at radius 2 is 2.28 bits per heavy atom. The van der Waals surface area contributed by atoms with Gasteiger partial charge in [0, 0.05) is 12.6 Å². The number of pyridine rings is 1. The van der Waals surface area contributed by atoms with Gasteiger partial charge in [0.25, 0.3) is 0 Å². The van der Waals surface area contributed by atoms with Crippen molar-refractivity contribution in [1.82, 2.24) is 10.3 Å². The molecule has 0 aliphatic carbocycles. The molecule has 0 aliphatic rings. The van der Waals surface area contributed by atoms with Crippen LogP contribution in [0.25, 0.3) is 0 Å². The van der Waals surface area contributed by atoms with Crippen molar-refractivity contribution in [3.63, 3.8) is 0 Å². The number of hydrogen-bond donors (Lipinski definition) is 3. The van der Waals surface area contributed by atoms with E-state index in [2.05, 4.69) is 15.6 Å². The Bertz CT molecular complexity index is 449. The lowest BCUT2D eigenvalue weighted by Gasteiger charge is -2.06. The predicted octanol–water partition coefficient (Wildman–Crippen LogP) is 0.510. The number of rotatable bonds is 6. The Morgan fingerprint density at radius 1 is 1.56 bits per heavy atom. The largest absolute Gasteiger partial charge is 0.378 e. The third-order valence-corrected chi connectivity index (χ3v) is 2.10. The van der Waals surface area contributed by atoms with Crippen LogP contribution < -0.4 is 16.4 Å². The fraction of sp³-hybridized carbons (Fsp3) is 0.400. The Hall–Kier alpha value is -2.38. The zero-order valence-electron chi connectivity index (χ0n) is 9.97. The van der Waals surface area contributed by atoms with Crippen LogP contribution in [0.15, 0.2) is 12.1 Å². The highest BCUT2D eigenvalue weighted by Gasteiger charge is 2.12. The zero-order chi connectivity index (χ0) is 13.5. The quantitative estimate of drug-likeness (QED) is 0.501. The predicted molar refractivity (Wildman–Crippen MR) is 67.1 cm³/mol. The molecule has 1 rings (SSSR count). The summed E-state index contributed by atoms with van der Waals surface area (Å²) in [5.74, 6) is -0.0284. The molecule has 0 unspecified atom stereocenters. The summed E-state index contributed by atoms with van der Waals surface area (Å²) < 4.78 is 0. The first-order valence-corrected chi connectivity index (χ1v) is 5.46. The van der Waals surface area contributed by atoms with E-state index in [1.54, 1.807) is 0 Å². The molecular formula is C10H15N5O3. The highest BCUT2D eigenvalue weighted by atomic mass is 16.6. The van der Waals surface area contributed by atoms with Gasteiger partial charge in [0.1, 0.15) is 5.82 Å². The summed E-state index contributed by atoms with van der Waals surface area (Å²) in [7, 11) is 0. The molecule has 0 bridgehead atoms. The molecule has 1 aromatic rings. The van der Waals surface area contributed by atoms with E-state index < -0.39 is 4.92 Å².